The van der Waals surface area contributed by atoms with Gasteiger partial charge < -0.3 is 15.2 Å². The predicted molar refractivity (Wildman–Crippen MR) is 104 cm³/mol. The quantitative estimate of drug-likeness (QED) is 0.641. The van der Waals surface area contributed by atoms with Gasteiger partial charge >= 0.3 is 5.69 Å². The number of H-pyrrole nitrogens is 1. The lowest BCUT2D eigenvalue weighted by molar-refractivity contribution is -0.117. The number of aryl methyl sites for hydroxylation is 1. The van der Waals surface area contributed by atoms with Crippen LogP contribution in [0.25, 0.3) is 11.2 Å². The Morgan fingerprint density at radius 2 is 2.00 bits per heavy atom. The van der Waals surface area contributed by atoms with Crippen molar-refractivity contribution in [2.24, 2.45) is 17.8 Å². The van der Waals surface area contributed by atoms with Crippen LogP contribution in [0.4, 0.5) is 0 Å². The Kier molecular flexibility index (Phi) is 3.96. The SMILES string of the molecule is CCCn1c(=O)n(CC(C)=O)c(=O)c2[nH]c(C34CC5C(O)[C@H](C[C@@H]3[C@H]5O)C4)nc21. The fourth-order valence-electron chi connectivity index (χ4n) is 6.29. The first-order valence-electron chi connectivity index (χ1n) is 10.4. The van der Waals surface area contributed by atoms with Crippen molar-refractivity contribution in [1.82, 2.24) is 19.1 Å². The minimum absolute atomic E-state index is 0.00717. The van der Waals surface area contributed by atoms with E-state index in [2.05, 4.69) is 4.98 Å². The summed E-state index contributed by atoms with van der Waals surface area (Å²) in [7, 11) is 0. The Morgan fingerprint density at radius 1 is 1.24 bits per heavy atom. The number of carbonyl (C=O) groups excluding carboxylic acids is 1. The molecule has 6 rings (SSSR count). The number of rotatable bonds is 5. The number of aliphatic hydroxyl groups is 2. The van der Waals surface area contributed by atoms with Gasteiger partial charge in [0.25, 0.3) is 5.56 Å². The molecule has 4 bridgehead atoms. The molecule has 4 fully saturated rings. The molecule has 4 saturated carbocycles. The number of nitrogens with zero attached hydrogens (tertiary/aromatic N) is 3. The summed E-state index contributed by atoms with van der Waals surface area (Å²) < 4.78 is 2.43. The molecule has 0 aromatic carbocycles. The maximum atomic E-state index is 13.0. The molecular formula is C20H26N4O5. The van der Waals surface area contributed by atoms with Crippen LogP contribution in [0, 0.1) is 17.8 Å². The highest BCUT2D eigenvalue weighted by atomic mass is 16.3. The van der Waals surface area contributed by atoms with Gasteiger partial charge in [0.05, 0.1) is 18.8 Å². The van der Waals surface area contributed by atoms with Crippen LogP contribution >= 0.6 is 0 Å². The summed E-state index contributed by atoms with van der Waals surface area (Å²) in [6.45, 7) is 3.40. The molecule has 9 heteroatoms. The van der Waals surface area contributed by atoms with Crippen molar-refractivity contribution in [1.29, 1.82) is 0 Å². The van der Waals surface area contributed by atoms with E-state index in [0.29, 0.717) is 37.3 Å². The molecule has 2 heterocycles. The van der Waals surface area contributed by atoms with Crippen LogP contribution in [0.15, 0.2) is 9.59 Å². The molecule has 4 aliphatic carbocycles. The molecule has 4 aliphatic rings. The van der Waals surface area contributed by atoms with Gasteiger partial charge in [-0.3, -0.25) is 18.7 Å². The zero-order valence-electron chi connectivity index (χ0n) is 16.6. The second-order valence-corrected chi connectivity index (χ2v) is 9.12. The maximum Gasteiger partial charge on any atom is 0.333 e. The van der Waals surface area contributed by atoms with Crippen LogP contribution in [-0.4, -0.2) is 47.3 Å². The van der Waals surface area contributed by atoms with Crippen molar-refractivity contribution < 1.29 is 15.0 Å². The number of aromatic amines is 1. The van der Waals surface area contributed by atoms with Gasteiger partial charge in [0.2, 0.25) is 0 Å². The Balaban J connectivity index is 1.71. The molecule has 0 spiro atoms. The van der Waals surface area contributed by atoms with Crippen molar-refractivity contribution in [3.05, 3.63) is 26.7 Å². The first-order valence-corrected chi connectivity index (χ1v) is 10.4. The van der Waals surface area contributed by atoms with E-state index in [1.54, 1.807) is 0 Å². The van der Waals surface area contributed by atoms with Crippen LogP contribution in [0.2, 0.25) is 0 Å². The lowest BCUT2D eigenvalue weighted by atomic mass is 9.73. The van der Waals surface area contributed by atoms with E-state index in [9.17, 15) is 24.6 Å². The van der Waals surface area contributed by atoms with Gasteiger partial charge in [-0.1, -0.05) is 6.92 Å². The van der Waals surface area contributed by atoms with Gasteiger partial charge in [0.15, 0.2) is 5.65 Å². The Morgan fingerprint density at radius 3 is 2.69 bits per heavy atom. The topological polar surface area (TPSA) is 130 Å². The zero-order chi connectivity index (χ0) is 20.7. The van der Waals surface area contributed by atoms with Crippen LogP contribution in [0.3, 0.4) is 0 Å². The number of aliphatic hydroxyl groups excluding tert-OH is 2. The fourth-order valence-corrected chi connectivity index (χ4v) is 6.29. The number of hydrogen-bond donors (Lipinski definition) is 3. The third-order valence-corrected chi connectivity index (χ3v) is 7.43. The molecule has 29 heavy (non-hydrogen) atoms. The first-order chi connectivity index (χ1) is 13.8. The summed E-state index contributed by atoms with van der Waals surface area (Å²) in [5, 5.41) is 21.2. The highest BCUT2D eigenvalue weighted by molar-refractivity contribution is 5.76. The number of carbonyl (C=O) groups is 1. The Bertz CT molecular complexity index is 1130. The summed E-state index contributed by atoms with van der Waals surface area (Å²) in [6.07, 6.45) is 1.68. The molecule has 2 aromatic heterocycles. The normalized spacial score (nSPS) is 35.1. The molecule has 0 aliphatic heterocycles. The third-order valence-electron chi connectivity index (χ3n) is 7.43. The van der Waals surface area contributed by atoms with Crippen LogP contribution in [0.5, 0.6) is 0 Å². The van der Waals surface area contributed by atoms with Crippen molar-refractivity contribution in [2.45, 2.75) is 70.2 Å². The highest BCUT2D eigenvalue weighted by Crippen LogP contribution is 2.65. The second-order valence-electron chi connectivity index (χ2n) is 9.12. The molecule has 156 valence electrons. The fraction of sp³-hybridized carbons (Fsp3) is 0.700. The summed E-state index contributed by atoms with van der Waals surface area (Å²) >= 11 is 0. The van der Waals surface area contributed by atoms with E-state index >= 15 is 0 Å². The van der Waals surface area contributed by atoms with Crippen molar-refractivity contribution in [3.63, 3.8) is 0 Å². The smallest absolute Gasteiger partial charge is 0.333 e. The standard InChI is InChI=1S/C20H26N4O5/c1-3-4-23-16-13(17(28)24(19(23)29)8-9(2)25)21-18(22-16)20-6-10-5-12(20)15(27)11(7-20)14(10)26/h10-12,14-15,26-27H,3-8H2,1-2H3,(H,21,22)/t10-,11?,12-,14?,15+,20?/m1/s1. The van der Waals surface area contributed by atoms with E-state index in [1.807, 2.05) is 6.92 Å². The van der Waals surface area contributed by atoms with Gasteiger partial charge in [0.1, 0.15) is 17.1 Å². The molecule has 3 unspecified atom stereocenters. The third kappa shape index (κ3) is 2.34. The lowest BCUT2D eigenvalue weighted by Crippen LogP contribution is -2.41. The van der Waals surface area contributed by atoms with Gasteiger partial charge in [-0.25, -0.2) is 9.78 Å². The molecule has 3 N–H and O–H groups in total. The number of imidazole rings is 1. The molecule has 0 saturated heterocycles. The zero-order valence-corrected chi connectivity index (χ0v) is 16.6. The molecule has 6 atom stereocenters. The lowest BCUT2D eigenvalue weighted by Gasteiger charge is -2.35. The monoisotopic (exact) mass is 402 g/mol. The van der Waals surface area contributed by atoms with Gasteiger partial charge in [-0.15, -0.1) is 0 Å². The largest absolute Gasteiger partial charge is 0.392 e. The Hall–Kier alpha value is -2.26. The molecule has 0 radical (unpaired) electrons. The van der Waals surface area contributed by atoms with Gasteiger partial charge in [-0.05, 0) is 44.4 Å². The van der Waals surface area contributed by atoms with Crippen molar-refractivity contribution >= 4 is 16.9 Å². The highest BCUT2D eigenvalue weighted by Gasteiger charge is 2.67. The van der Waals surface area contributed by atoms with E-state index in [-0.39, 0.29) is 35.6 Å². The molecule has 0 amide bonds. The van der Waals surface area contributed by atoms with E-state index in [1.165, 1.54) is 11.5 Å². The van der Waals surface area contributed by atoms with Crippen molar-refractivity contribution in [2.75, 3.05) is 0 Å². The van der Waals surface area contributed by atoms with Gasteiger partial charge in [-0.2, -0.15) is 0 Å². The average molecular weight is 402 g/mol. The van der Waals surface area contributed by atoms with Crippen LogP contribution in [0.1, 0.15) is 45.4 Å². The average Bonchev–Trinajstić information content (AvgIpc) is 3.31. The minimum Gasteiger partial charge on any atom is -0.392 e. The minimum atomic E-state index is -0.579. The number of hydrogen-bond acceptors (Lipinski definition) is 6. The molecular weight excluding hydrogens is 376 g/mol. The van der Waals surface area contributed by atoms with Crippen molar-refractivity contribution in [3.8, 4) is 0 Å². The predicted octanol–water partition coefficient (Wildman–Crippen LogP) is -0.0954. The number of Topliss-reactive ketones (excluding diaryl/α,β-unsaturated/α-hetero) is 1. The summed E-state index contributed by atoms with van der Waals surface area (Å²) in [5.41, 5.74) is -0.932. The Labute approximate surface area is 166 Å². The number of nitrogens with one attached hydrogen (secondary N) is 1. The van der Waals surface area contributed by atoms with E-state index in [0.717, 1.165) is 11.0 Å². The number of aromatic nitrogens is 4. The van der Waals surface area contributed by atoms with Crippen LogP contribution < -0.4 is 11.2 Å². The van der Waals surface area contributed by atoms with Crippen LogP contribution in [-0.2, 0) is 23.3 Å². The van der Waals surface area contributed by atoms with E-state index < -0.39 is 28.9 Å². The molecule has 2 aromatic rings. The van der Waals surface area contributed by atoms with E-state index in [4.69, 9.17) is 4.98 Å². The molecule has 9 nitrogen and oxygen atoms in total. The number of fused-ring (bicyclic) bond motifs is 1. The summed E-state index contributed by atoms with van der Waals surface area (Å²) in [4.78, 5) is 45.4. The maximum absolute atomic E-state index is 13.0. The number of ketones is 1. The summed E-state index contributed by atoms with van der Waals surface area (Å²) in [5.74, 6) is 0.298. The first kappa shape index (κ1) is 18.7. The van der Waals surface area contributed by atoms with Gasteiger partial charge in [0, 0.05) is 17.9 Å². The second kappa shape index (κ2) is 6.12. The summed E-state index contributed by atoms with van der Waals surface area (Å²) in [6, 6.07) is 0.